The van der Waals surface area contributed by atoms with Crippen molar-refractivity contribution < 1.29 is 32.0 Å². The Balaban J connectivity index is 1.93. The third kappa shape index (κ3) is 4.92. The number of carboxylic acid groups (broad SMARTS) is 1. The lowest BCUT2D eigenvalue weighted by molar-refractivity contribution is -0.173. The van der Waals surface area contributed by atoms with Crippen LogP contribution in [0.2, 0.25) is 0 Å². The van der Waals surface area contributed by atoms with Gasteiger partial charge in [-0.1, -0.05) is 18.2 Å². The van der Waals surface area contributed by atoms with Crippen LogP contribution < -0.4 is 0 Å². The minimum atomic E-state index is -3.47. The van der Waals surface area contributed by atoms with Crippen LogP contribution in [0.1, 0.15) is 6.42 Å². The van der Waals surface area contributed by atoms with E-state index in [1.54, 1.807) is 6.08 Å². The molecule has 0 bridgehead atoms. The standard InChI is InChI=1S/C13H18O7S/c1-21(16,17)19-6-9-3-2-4-10(5-9)11-7-18-8-12(20-11)13(14)15/h2-4,9,11-12H,5-8H2,1H3,(H,14,15). The molecule has 0 spiro atoms. The van der Waals surface area contributed by atoms with Crippen LogP contribution in [-0.2, 0) is 28.6 Å². The summed E-state index contributed by atoms with van der Waals surface area (Å²) >= 11 is 0. The largest absolute Gasteiger partial charge is 0.479 e. The molecule has 0 aromatic carbocycles. The fourth-order valence-electron chi connectivity index (χ4n) is 2.22. The SMILES string of the molecule is CS(=O)(=O)OCC1C=CC=C(C2COCC(C(=O)O)O2)C1. The summed E-state index contributed by atoms with van der Waals surface area (Å²) in [6.45, 7) is 0.390. The summed E-state index contributed by atoms with van der Waals surface area (Å²) in [6.07, 6.45) is 5.65. The number of allylic oxidation sites excluding steroid dienone is 2. The molecular formula is C13H18O7S. The lowest BCUT2D eigenvalue weighted by atomic mass is 9.91. The summed E-state index contributed by atoms with van der Waals surface area (Å²) in [5.41, 5.74) is 0.880. The molecule has 118 valence electrons. The van der Waals surface area contributed by atoms with E-state index in [-0.39, 0.29) is 19.1 Å². The van der Waals surface area contributed by atoms with E-state index in [1.807, 2.05) is 12.2 Å². The molecule has 7 nitrogen and oxygen atoms in total. The van der Waals surface area contributed by atoms with Crippen molar-refractivity contribution in [3.05, 3.63) is 23.8 Å². The lowest BCUT2D eigenvalue weighted by Gasteiger charge is -2.31. The van der Waals surface area contributed by atoms with Gasteiger partial charge in [0.2, 0.25) is 0 Å². The highest BCUT2D eigenvalue weighted by molar-refractivity contribution is 7.85. The van der Waals surface area contributed by atoms with Gasteiger partial charge in [0.1, 0.15) is 6.10 Å². The Labute approximate surface area is 123 Å². The van der Waals surface area contributed by atoms with Crippen LogP contribution in [0.3, 0.4) is 0 Å². The van der Waals surface area contributed by atoms with E-state index in [1.165, 1.54) is 0 Å². The van der Waals surface area contributed by atoms with Crippen LogP contribution in [0.15, 0.2) is 23.8 Å². The predicted octanol–water partition coefficient (Wildman–Crippen LogP) is 0.334. The van der Waals surface area contributed by atoms with Crippen molar-refractivity contribution in [1.29, 1.82) is 0 Å². The lowest BCUT2D eigenvalue weighted by Crippen LogP contribution is -2.42. The fourth-order valence-corrected chi connectivity index (χ4v) is 2.64. The van der Waals surface area contributed by atoms with Crippen LogP contribution in [-0.4, -0.2) is 57.8 Å². The summed E-state index contributed by atoms with van der Waals surface area (Å²) < 4.78 is 37.6. The molecule has 1 aliphatic carbocycles. The van der Waals surface area contributed by atoms with Gasteiger partial charge in [-0.05, 0) is 12.0 Å². The molecule has 0 aromatic heterocycles. The molecule has 8 heteroatoms. The van der Waals surface area contributed by atoms with E-state index < -0.39 is 28.3 Å². The highest BCUT2D eigenvalue weighted by atomic mass is 32.2. The Morgan fingerprint density at radius 2 is 2.24 bits per heavy atom. The van der Waals surface area contributed by atoms with Gasteiger partial charge in [0.05, 0.1) is 26.1 Å². The Morgan fingerprint density at radius 1 is 1.48 bits per heavy atom. The Morgan fingerprint density at radius 3 is 2.90 bits per heavy atom. The molecule has 2 aliphatic rings. The normalized spacial score (nSPS) is 30.0. The first-order valence-electron chi connectivity index (χ1n) is 6.53. The third-order valence-corrected chi connectivity index (χ3v) is 3.81. The summed E-state index contributed by atoms with van der Waals surface area (Å²) in [5.74, 6) is -1.14. The van der Waals surface area contributed by atoms with Crippen molar-refractivity contribution in [1.82, 2.24) is 0 Å². The molecular weight excluding hydrogens is 300 g/mol. The minimum absolute atomic E-state index is 0.0373. The van der Waals surface area contributed by atoms with Gasteiger partial charge in [-0.15, -0.1) is 0 Å². The van der Waals surface area contributed by atoms with Crippen LogP contribution in [0.4, 0.5) is 0 Å². The van der Waals surface area contributed by atoms with Gasteiger partial charge in [-0.3, -0.25) is 4.18 Å². The van der Waals surface area contributed by atoms with Crippen molar-refractivity contribution in [2.75, 3.05) is 26.1 Å². The summed E-state index contributed by atoms with van der Waals surface area (Å²) in [4.78, 5) is 10.9. The monoisotopic (exact) mass is 318 g/mol. The summed E-state index contributed by atoms with van der Waals surface area (Å²) in [6, 6.07) is 0. The molecule has 0 radical (unpaired) electrons. The van der Waals surface area contributed by atoms with E-state index in [0.29, 0.717) is 13.0 Å². The van der Waals surface area contributed by atoms with E-state index >= 15 is 0 Å². The first-order valence-corrected chi connectivity index (χ1v) is 8.34. The molecule has 1 saturated heterocycles. The number of aliphatic carboxylic acids is 1. The maximum atomic E-state index is 11.0. The van der Waals surface area contributed by atoms with Gasteiger partial charge in [-0.25, -0.2) is 4.79 Å². The number of hydrogen-bond donors (Lipinski definition) is 1. The zero-order chi connectivity index (χ0) is 15.5. The minimum Gasteiger partial charge on any atom is -0.479 e. The third-order valence-electron chi connectivity index (χ3n) is 3.24. The van der Waals surface area contributed by atoms with Crippen molar-refractivity contribution in [3.63, 3.8) is 0 Å². The smallest absolute Gasteiger partial charge is 0.335 e. The van der Waals surface area contributed by atoms with E-state index in [9.17, 15) is 13.2 Å². The highest BCUT2D eigenvalue weighted by Gasteiger charge is 2.31. The Kier molecular flexibility index (Phi) is 5.15. The number of hydrogen-bond acceptors (Lipinski definition) is 6. The second kappa shape index (κ2) is 6.69. The molecule has 0 saturated carbocycles. The molecule has 2 rings (SSSR count). The average Bonchev–Trinajstić information content (AvgIpc) is 2.45. The molecule has 3 unspecified atom stereocenters. The summed E-state index contributed by atoms with van der Waals surface area (Å²) in [5, 5.41) is 8.96. The average molecular weight is 318 g/mol. The van der Waals surface area contributed by atoms with Crippen molar-refractivity contribution >= 4 is 16.1 Å². The van der Waals surface area contributed by atoms with Crippen LogP contribution in [0.5, 0.6) is 0 Å². The fraction of sp³-hybridized carbons (Fsp3) is 0.615. The van der Waals surface area contributed by atoms with Crippen LogP contribution in [0.25, 0.3) is 0 Å². The molecule has 1 heterocycles. The van der Waals surface area contributed by atoms with Gasteiger partial charge >= 0.3 is 5.97 Å². The Hall–Kier alpha value is -1.22. The van der Waals surface area contributed by atoms with Gasteiger partial charge in [0.15, 0.2) is 6.10 Å². The van der Waals surface area contributed by atoms with Crippen molar-refractivity contribution in [2.45, 2.75) is 18.6 Å². The number of carbonyl (C=O) groups is 1. The molecule has 1 N–H and O–H groups in total. The Bertz CT molecular complexity index is 549. The van der Waals surface area contributed by atoms with Crippen molar-refractivity contribution in [3.8, 4) is 0 Å². The second-order valence-electron chi connectivity index (χ2n) is 5.07. The van der Waals surface area contributed by atoms with Gasteiger partial charge in [0.25, 0.3) is 10.1 Å². The van der Waals surface area contributed by atoms with Gasteiger partial charge in [-0.2, -0.15) is 8.42 Å². The van der Waals surface area contributed by atoms with Gasteiger partial charge in [0, 0.05) is 5.92 Å². The topological polar surface area (TPSA) is 99.1 Å². The van der Waals surface area contributed by atoms with E-state index in [2.05, 4.69) is 0 Å². The molecule has 1 aliphatic heterocycles. The first kappa shape index (κ1) is 16.2. The molecule has 21 heavy (non-hydrogen) atoms. The quantitative estimate of drug-likeness (QED) is 0.729. The predicted molar refractivity (Wildman–Crippen MR) is 73.2 cm³/mol. The van der Waals surface area contributed by atoms with Crippen LogP contribution >= 0.6 is 0 Å². The number of rotatable bonds is 5. The maximum Gasteiger partial charge on any atom is 0.335 e. The molecule has 0 aromatic rings. The molecule has 1 fully saturated rings. The molecule has 3 atom stereocenters. The zero-order valence-corrected chi connectivity index (χ0v) is 12.4. The zero-order valence-electron chi connectivity index (χ0n) is 11.6. The second-order valence-corrected chi connectivity index (χ2v) is 6.71. The molecule has 0 amide bonds. The van der Waals surface area contributed by atoms with E-state index in [0.717, 1.165) is 11.8 Å². The first-order chi connectivity index (χ1) is 9.85. The number of carboxylic acids is 1. The maximum absolute atomic E-state index is 11.0. The van der Waals surface area contributed by atoms with Gasteiger partial charge < -0.3 is 14.6 Å². The van der Waals surface area contributed by atoms with Crippen LogP contribution in [0, 0.1) is 5.92 Å². The van der Waals surface area contributed by atoms with E-state index in [4.69, 9.17) is 18.8 Å². The van der Waals surface area contributed by atoms with Crippen molar-refractivity contribution in [2.24, 2.45) is 5.92 Å². The number of ether oxygens (including phenoxy) is 2. The summed E-state index contributed by atoms with van der Waals surface area (Å²) in [7, 11) is -3.47. The highest BCUT2D eigenvalue weighted by Crippen LogP contribution is 2.26.